The van der Waals surface area contributed by atoms with Crippen LogP contribution in [0.15, 0.2) is 30.5 Å². The van der Waals surface area contributed by atoms with Crippen LogP contribution in [-0.4, -0.2) is 49.2 Å². The maximum Gasteiger partial charge on any atom is 0.332 e. The number of hydrogen-bond acceptors (Lipinski definition) is 6. The number of nitrogens with zero attached hydrogens (tertiary/aromatic N) is 3. The van der Waals surface area contributed by atoms with Gasteiger partial charge in [-0.15, -0.1) is 0 Å². The zero-order chi connectivity index (χ0) is 22.8. The summed E-state index contributed by atoms with van der Waals surface area (Å²) in [5.41, 5.74) is 1.72. The summed E-state index contributed by atoms with van der Waals surface area (Å²) in [6.07, 6.45) is 1.41. The zero-order valence-electron chi connectivity index (χ0n) is 17.5. The molecule has 8 nitrogen and oxygen atoms in total. The molecule has 2 heterocycles. The van der Waals surface area contributed by atoms with Crippen molar-refractivity contribution in [1.82, 2.24) is 14.6 Å². The van der Waals surface area contributed by atoms with Gasteiger partial charge in [0, 0.05) is 24.8 Å². The molecular weight excluding hydrogens is 421 g/mol. The second-order valence-corrected chi connectivity index (χ2v) is 9.65. The molecule has 31 heavy (non-hydrogen) atoms. The first-order valence-electron chi connectivity index (χ1n) is 9.89. The number of anilines is 1. The number of nitrogens with one attached hydrogen (secondary N) is 2. The number of sulfonamides is 1. The molecule has 10 heteroatoms. The second-order valence-electron chi connectivity index (χ2n) is 7.69. The van der Waals surface area contributed by atoms with E-state index in [1.165, 1.54) is 24.4 Å². The summed E-state index contributed by atoms with van der Waals surface area (Å²) >= 11 is 0. The minimum atomic E-state index is -3.85. The standard InChI is InChI=1S/C21H24FN5O3S/c1-4-27-11-17(12-27)31(29,30)26-21(28)25-20-18(13(2)3)8-15(22)9-19(20)14-5-6-24-16(7-14)10-23/h5-9,13,17H,4,11-12H2,1-3H3,(H2,25,26,28). The molecule has 2 N–H and O–H groups in total. The Labute approximate surface area is 181 Å². The van der Waals surface area contributed by atoms with E-state index < -0.39 is 27.1 Å². The van der Waals surface area contributed by atoms with Gasteiger partial charge in [0.05, 0.1) is 5.69 Å². The first kappa shape index (κ1) is 22.7. The minimum Gasteiger partial charge on any atom is -0.306 e. The van der Waals surface area contributed by atoms with Gasteiger partial charge in [-0.3, -0.25) is 0 Å². The van der Waals surface area contributed by atoms with Gasteiger partial charge in [0.2, 0.25) is 10.0 Å². The highest BCUT2D eigenvalue weighted by molar-refractivity contribution is 7.90. The molecule has 1 aromatic heterocycles. The van der Waals surface area contributed by atoms with E-state index in [1.54, 1.807) is 6.07 Å². The molecule has 2 amide bonds. The summed E-state index contributed by atoms with van der Waals surface area (Å²) in [6, 6.07) is 6.61. The fourth-order valence-corrected chi connectivity index (χ4v) is 4.73. The fourth-order valence-electron chi connectivity index (χ4n) is 3.44. The number of halogens is 1. The Morgan fingerprint density at radius 3 is 2.68 bits per heavy atom. The predicted molar refractivity (Wildman–Crippen MR) is 115 cm³/mol. The lowest BCUT2D eigenvalue weighted by atomic mass is 9.94. The molecule has 0 unspecified atom stereocenters. The molecule has 0 aliphatic carbocycles. The van der Waals surface area contributed by atoms with E-state index in [9.17, 15) is 17.6 Å². The van der Waals surface area contributed by atoms with Crippen molar-refractivity contribution in [3.05, 3.63) is 47.5 Å². The highest BCUT2D eigenvalue weighted by Crippen LogP contribution is 2.36. The lowest BCUT2D eigenvalue weighted by molar-refractivity contribution is 0.194. The van der Waals surface area contributed by atoms with E-state index in [4.69, 9.17) is 5.26 Å². The lowest BCUT2D eigenvalue weighted by Gasteiger charge is -2.37. The van der Waals surface area contributed by atoms with Gasteiger partial charge in [-0.2, -0.15) is 5.26 Å². The molecule has 0 atom stereocenters. The number of amides is 2. The molecule has 0 saturated carbocycles. The third-order valence-corrected chi connectivity index (χ3v) is 6.87. The first-order chi connectivity index (χ1) is 14.6. The highest BCUT2D eigenvalue weighted by Gasteiger charge is 2.37. The third-order valence-electron chi connectivity index (χ3n) is 5.22. The molecule has 164 valence electrons. The monoisotopic (exact) mass is 445 g/mol. The number of carbonyl (C=O) groups excluding carboxylic acids is 1. The van der Waals surface area contributed by atoms with Gasteiger partial charge in [0.15, 0.2) is 0 Å². The normalized spacial score (nSPS) is 14.7. The van der Waals surface area contributed by atoms with E-state index >= 15 is 0 Å². The third kappa shape index (κ3) is 5.00. The molecule has 1 aliphatic heterocycles. The number of pyridine rings is 1. The van der Waals surface area contributed by atoms with Gasteiger partial charge >= 0.3 is 6.03 Å². The van der Waals surface area contributed by atoms with Gasteiger partial charge in [-0.05, 0) is 47.9 Å². The van der Waals surface area contributed by atoms with E-state index in [0.717, 1.165) is 6.54 Å². The van der Waals surface area contributed by atoms with Crippen LogP contribution < -0.4 is 10.0 Å². The van der Waals surface area contributed by atoms with Crippen LogP contribution in [-0.2, 0) is 10.0 Å². The van der Waals surface area contributed by atoms with Crippen LogP contribution >= 0.6 is 0 Å². The molecule has 1 aromatic carbocycles. The summed E-state index contributed by atoms with van der Waals surface area (Å²) in [6.45, 7) is 7.08. The van der Waals surface area contributed by atoms with Crippen LogP contribution in [0.1, 0.15) is 37.9 Å². The summed E-state index contributed by atoms with van der Waals surface area (Å²) in [7, 11) is -3.85. The predicted octanol–water partition coefficient (Wildman–Crippen LogP) is 3.04. The number of nitriles is 1. The van der Waals surface area contributed by atoms with Crippen LogP contribution in [0.4, 0.5) is 14.9 Å². The zero-order valence-corrected chi connectivity index (χ0v) is 18.3. The SMILES string of the molecule is CCN1CC(S(=O)(=O)NC(=O)Nc2c(-c3ccnc(C#N)c3)cc(F)cc2C(C)C)C1. The molecule has 1 fully saturated rings. The van der Waals surface area contributed by atoms with E-state index in [1.807, 2.05) is 31.7 Å². The van der Waals surface area contributed by atoms with Crippen molar-refractivity contribution in [3.8, 4) is 17.2 Å². The Morgan fingerprint density at radius 1 is 1.35 bits per heavy atom. The number of carbonyl (C=O) groups is 1. The maximum atomic E-state index is 14.4. The van der Waals surface area contributed by atoms with Crippen molar-refractivity contribution < 1.29 is 17.6 Å². The van der Waals surface area contributed by atoms with Crippen LogP contribution in [0.25, 0.3) is 11.1 Å². The fraction of sp³-hybridized carbons (Fsp3) is 0.381. The van der Waals surface area contributed by atoms with Gasteiger partial charge in [-0.1, -0.05) is 20.8 Å². The molecule has 2 aromatic rings. The highest BCUT2D eigenvalue weighted by atomic mass is 32.2. The molecular formula is C21H24FN5O3S. The Morgan fingerprint density at radius 2 is 2.06 bits per heavy atom. The summed E-state index contributed by atoms with van der Waals surface area (Å²) in [5, 5.41) is 11.1. The van der Waals surface area contributed by atoms with Crippen LogP contribution in [0, 0.1) is 17.1 Å². The van der Waals surface area contributed by atoms with Crippen molar-refractivity contribution in [2.45, 2.75) is 31.9 Å². The van der Waals surface area contributed by atoms with Crippen LogP contribution in [0.2, 0.25) is 0 Å². The summed E-state index contributed by atoms with van der Waals surface area (Å²) < 4.78 is 41.4. The van der Waals surface area contributed by atoms with Crippen molar-refractivity contribution in [2.75, 3.05) is 25.0 Å². The summed E-state index contributed by atoms with van der Waals surface area (Å²) in [5.74, 6) is -0.676. The largest absolute Gasteiger partial charge is 0.332 e. The molecule has 0 spiro atoms. The molecule has 0 radical (unpaired) electrons. The Hall–Kier alpha value is -3.03. The van der Waals surface area contributed by atoms with Gasteiger partial charge in [-0.25, -0.2) is 27.3 Å². The van der Waals surface area contributed by atoms with Crippen LogP contribution in [0.3, 0.4) is 0 Å². The number of urea groups is 1. The van der Waals surface area contributed by atoms with Crippen LogP contribution in [0.5, 0.6) is 0 Å². The number of aromatic nitrogens is 1. The lowest BCUT2D eigenvalue weighted by Crippen LogP contribution is -2.58. The first-order valence-corrected chi connectivity index (χ1v) is 11.4. The summed E-state index contributed by atoms with van der Waals surface area (Å²) in [4.78, 5) is 18.5. The van der Waals surface area contributed by atoms with Crippen molar-refractivity contribution in [3.63, 3.8) is 0 Å². The molecule has 1 aliphatic rings. The smallest absolute Gasteiger partial charge is 0.306 e. The quantitative estimate of drug-likeness (QED) is 0.706. The average Bonchev–Trinajstić information content (AvgIpc) is 2.67. The Kier molecular flexibility index (Phi) is 6.57. The maximum absolute atomic E-state index is 14.4. The van der Waals surface area contributed by atoms with E-state index in [2.05, 4.69) is 15.0 Å². The number of benzene rings is 1. The number of likely N-dealkylation sites (tertiary alicyclic amines) is 1. The number of rotatable bonds is 6. The molecule has 1 saturated heterocycles. The second kappa shape index (κ2) is 8.99. The Bertz CT molecular complexity index is 1140. The van der Waals surface area contributed by atoms with E-state index in [-0.39, 0.29) is 17.3 Å². The van der Waals surface area contributed by atoms with Crippen molar-refractivity contribution in [1.29, 1.82) is 5.26 Å². The Balaban J connectivity index is 1.94. The topological polar surface area (TPSA) is 115 Å². The van der Waals surface area contributed by atoms with Gasteiger partial charge in [0.25, 0.3) is 0 Å². The van der Waals surface area contributed by atoms with E-state index in [0.29, 0.717) is 29.8 Å². The number of hydrogen-bond donors (Lipinski definition) is 2. The van der Waals surface area contributed by atoms with Gasteiger partial charge in [0.1, 0.15) is 22.8 Å². The molecule has 3 rings (SSSR count). The van der Waals surface area contributed by atoms with Gasteiger partial charge < -0.3 is 10.2 Å². The molecule has 0 bridgehead atoms. The van der Waals surface area contributed by atoms with Crippen molar-refractivity contribution in [2.24, 2.45) is 0 Å². The van der Waals surface area contributed by atoms with Crippen molar-refractivity contribution >= 4 is 21.7 Å². The minimum absolute atomic E-state index is 0.135. The average molecular weight is 446 g/mol.